The fraction of sp³-hybridized carbons (Fsp3) is 0.267. The quantitative estimate of drug-likeness (QED) is 0.901. The summed E-state index contributed by atoms with van der Waals surface area (Å²) in [6, 6.07) is 8.86. The van der Waals surface area contributed by atoms with Crippen LogP contribution in [0.15, 0.2) is 47.4 Å². The number of amides is 1. The van der Waals surface area contributed by atoms with Gasteiger partial charge in [0.2, 0.25) is 5.91 Å². The molecule has 1 N–H and O–H groups in total. The van der Waals surface area contributed by atoms with Crippen molar-refractivity contribution in [2.24, 2.45) is 7.05 Å². The minimum Gasteiger partial charge on any atom is -0.329 e. The van der Waals surface area contributed by atoms with E-state index in [2.05, 4.69) is 17.0 Å². The van der Waals surface area contributed by atoms with Gasteiger partial charge in [-0.3, -0.25) is 9.36 Å². The van der Waals surface area contributed by atoms with Crippen LogP contribution in [0.5, 0.6) is 0 Å². The Labute approximate surface area is 121 Å². The second kappa shape index (κ2) is 5.05. The van der Waals surface area contributed by atoms with E-state index in [-0.39, 0.29) is 11.6 Å². The van der Waals surface area contributed by atoms with E-state index in [4.69, 9.17) is 0 Å². The molecule has 0 bridgehead atoms. The van der Waals surface area contributed by atoms with E-state index < -0.39 is 6.04 Å². The number of aromatic nitrogens is 3. The average molecular weight is 284 g/mol. The molecule has 1 unspecified atom stereocenters. The molecule has 1 aliphatic rings. The van der Waals surface area contributed by atoms with Crippen LogP contribution in [0.1, 0.15) is 18.9 Å². The van der Waals surface area contributed by atoms with Crippen LogP contribution >= 0.6 is 0 Å². The molecule has 1 fully saturated rings. The number of rotatable bonds is 2. The number of carbonyl (C=O) groups is 1. The third-order valence-corrected chi connectivity index (χ3v) is 3.65. The minimum absolute atomic E-state index is 0.230. The van der Waals surface area contributed by atoms with E-state index in [0.717, 1.165) is 5.56 Å². The first-order chi connectivity index (χ1) is 10.1. The molecule has 6 heteroatoms. The Morgan fingerprint density at radius 1 is 1.29 bits per heavy atom. The normalized spacial score (nSPS) is 18.6. The zero-order valence-electron chi connectivity index (χ0n) is 11.7. The van der Waals surface area contributed by atoms with Gasteiger partial charge in [0.1, 0.15) is 6.04 Å². The van der Waals surface area contributed by atoms with Crippen LogP contribution in [-0.4, -0.2) is 20.3 Å². The molecule has 1 saturated heterocycles. The summed E-state index contributed by atoms with van der Waals surface area (Å²) in [4.78, 5) is 24.4. The number of carbonyl (C=O) groups excluding carboxylic acids is 1. The predicted molar refractivity (Wildman–Crippen MR) is 78.5 cm³/mol. The van der Waals surface area contributed by atoms with E-state index in [0.29, 0.717) is 24.4 Å². The number of benzene rings is 1. The number of hydrogen-bond donors (Lipinski definition) is 1. The summed E-state index contributed by atoms with van der Waals surface area (Å²) in [6.07, 6.45) is 1.19. The van der Waals surface area contributed by atoms with E-state index in [1.165, 1.54) is 9.25 Å². The van der Waals surface area contributed by atoms with Crippen molar-refractivity contribution >= 4 is 5.91 Å². The highest BCUT2D eigenvalue weighted by Crippen LogP contribution is 2.21. The van der Waals surface area contributed by atoms with Crippen molar-refractivity contribution in [2.75, 3.05) is 0 Å². The Hall–Kier alpha value is -2.63. The van der Waals surface area contributed by atoms with E-state index in [9.17, 15) is 9.59 Å². The summed E-state index contributed by atoms with van der Waals surface area (Å²) < 4.78 is 2.73. The summed E-state index contributed by atoms with van der Waals surface area (Å²) >= 11 is 0. The molecule has 2 aromatic rings. The van der Waals surface area contributed by atoms with Gasteiger partial charge in [0, 0.05) is 18.3 Å². The van der Waals surface area contributed by atoms with E-state index in [1.807, 2.05) is 30.3 Å². The van der Waals surface area contributed by atoms with Gasteiger partial charge in [-0.2, -0.15) is 0 Å². The van der Waals surface area contributed by atoms with Gasteiger partial charge in [-0.25, -0.2) is 9.48 Å². The predicted octanol–water partition coefficient (Wildman–Crippen LogP) is 1.21. The molecule has 3 rings (SSSR count). The lowest BCUT2D eigenvalue weighted by atomic mass is 10.1. The van der Waals surface area contributed by atoms with Crippen LogP contribution in [0.25, 0.3) is 11.4 Å². The smallest absolute Gasteiger partial charge is 0.329 e. The Balaban J connectivity index is 2.04. The standard InChI is InChI=1S/C15H16N4O2/c1-10-8-9-12(14(20)16-10)19-15(21)18(2)13(17-19)11-6-4-3-5-7-11/h3-7,12H,1,8-9H2,2H3,(H,16,20). The molecule has 0 radical (unpaired) electrons. The zero-order chi connectivity index (χ0) is 15.0. The second-order valence-electron chi connectivity index (χ2n) is 5.12. The van der Waals surface area contributed by atoms with Crippen LogP contribution < -0.4 is 11.0 Å². The van der Waals surface area contributed by atoms with Gasteiger partial charge in [-0.1, -0.05) is 36.9 Å². The van der Waals surface area contributed by atoms with Crippen molar-refractivity contribution in [3.8, 4) is 11.4 Å². The average Bonchev–Trinajstić information content (AvgIpc) is 2.77. The first-order valence-corrected chi connectivity index (χ1v) is 6.77. The van der Waals surface area contributed by atoms with Crippen LogP contribution in [0.3, 0.4) is 0 Å². The molecule has 21 heavy (non-hydrogen) atoms. The van der Waals surface area contributed by atoms with Gasteiger partial charge in [0.15, 0.2) is 5.82 Å². The maximum Gasteiger partial charge on any atom is 0.346 e. The van der Waals surface area contributed by atoms with Crippen molar-refractivity contribution in [2.45, 2.75) is 18.9 Å². The highest BCUT2D eigenvalue weighted by molar-refractivity contribution is 5.82. The van der Waals surface area contributed by atoms with Gasteiger partial charge in [-0.05, 0) is 12.8 Å². The molecule has 0 spiro atoms. The summed E-state index contributed by atoms with van der Waals surface area (Å²) in [6.45, 7) is 3.74. The SMILES string of the molecule is C=C1CCC(n2nc(-c3ccccc3)n(C)c2=O)C(=O)N1. The summed E-state index contributed by atoms with van der Waals surface area (Å²) in [5.41, 5.74) is 1.24. The molecule has 6 nitrogen and oxygen atoms in total. The maximum atomic E-state index is 12.4. The van der Waals surface area contributed by atoms with Gasteiger partial charge < -0.3 is 5.32 Å². The highest BCUT2D eigenvalue weighted by Gasteiger charge is 2.29. The lowest BCUT2D eigenvalue weighted by Crippen LogP contribution is -2.40. The minimum atomic E-state index is -0.577. The van der Waals surface area contributed by atoms with Crippen molar-refractivity contribution in [1.82, 2.24) is 19.7 Å². The zero-order valence-corrected chi connectivity index (χ0v) is 11.7. The molecule has 1 amide bonds. The summed E-state index contributed by atoms with van der Waals surface area (Å²) in [5, 5.41) is 7.04. The largest absolute Gasteiger partial charge is 0.346 e. The molecule has 2 heterocycles. The van der Waals surface area contributed by atoms with E-state index >= 15 is 0 Å². The van der Waals surface area contributed by atoms with Gasteiger partial charge in [-0.15, -0.1) is 5.10 Å². The fourth-order valence-electron chi connectivity index (χ4n) is 2.49. The summed E-state index contributed by atoms with van der Waals surface area (Å²) in [5.74, 6) is 0.323. The molecule has 1 aromatic heterocycles. The Morgan fingerprint density at radius 2 is 2.00 bits per heavy atom. The molecular weight excluding hydrogens is 268 g/mol. The fourth-order valence-corrected chi connectivity index (χ4v) is 2.49. The first-order valence-electron chi connectivity index (χ1n) is 6.77. The van der Waals surface area contributed by atoms with Crippen LogP contribution in [0.4, 0.5) is 0 Å². The lowest BCUT2D eigenvalue weighted by Gasteiger charge is -2.22. The Kier molecular flexibility index (Phi) is 3.21. The number of nitrogens with one attached hydrogen (secondary N) is 1. The first kappa shape index (κ1) is 13.4. The second-order valence-corrected chi connectivity index (χ2v) is 5.12. The molecule has 1 aromatic carbocycles. The third kappa shape index (κ3) is 2.29. The topological polar surface area (TPSA) is 68.9 Å². The number of piperidine rings is 1. The van der Waals surface area contributed by atoms with Crippen LogP contribution in [-0.2, 0) is 11.8 Å². The van der Waals surface area contributed by atoms with Crippen molar-refractivity contribution in [3.05, 3.63) is 53.1 Å². The lowest BCUT2D eigenvalue weighted by molar-refractivity contribution is -0.125. The van der Waals surface area contributed by atoms with Crippen LogP contribution in [0.2, 0.25) is 0 Å². The van der Waals surface area contributed by atoms with Gasteiger partial charge >= 0.3 is 5.69 Å². The molecule has 0 aliphatic carbocycles. The Bertz CT molecular complexity index is 758. The number of nitrogens with zero attached hydrogens (tertiary/aromatic N) is 3. The third-order valence-electron chi connectivity index (χ3n) is 3.65. The van der Waals surface area contributed by atoms with Gasteiger partial charge in [0.05, 0.1) is 0 Å². The molecule has 0 saturated carbocycles. The Morgan fingerprint density at radius 3 is 2.67 bits per heavy atom. The molecular formula is C15H16N4O2. The van der Waals surface area contributed by atoms with Crippen molar-refractivity contribution in [3.63, 3.8) is 0 Å². The molecule has 1 atom stereocenters. The molecule has 1 aliphatic heterocycles. The highest BCUT2D eigenvalue weighted by atomic mass is 16.2. The van der Waals surface area contributed by atoms with Crippen molar-refractivity contribution < 1.29 is 4.79 Å². The van der Waals surface area contributed by atoms with Gasteiger partial charge in [0.25, 0.3) is 0 Å². The number of hydrogen-bond acceptors (Lipinski definition) is 3. The van der Waals surface area contributed by atoms with E-state index in [1.54, 1.807) is 7.05 Å². The summed E-state index contributed by atoms with van der Waals surface area (Å²) in [7, 11) is 1.66. The monoisotopic (exact) mass is 284 g/mol. The molecule has 108 valence electrons. The maximum absolute atomic E-state index is 12.4. The van der Waals surface area contributed by atoms with Crippen LogP contribution in [0, 0.1) is 0 Å². The number of allylic oxidation sites excluding steroid dienone is 1. The van der Waals surface area contributed by atoms with Crippen molar-refractivity contribution in [1.29, 1.82) is 0 Å².